The zero-order valence-electron chi connectivity index (χ0n) is 34.2. The summed E-state index contributed by atoms with van der Waals surface area (Å²) >= 11 is 0. The molecule has 304 valence electrons. The Kier molecular flexibility index (Phi) is 10.0. The molecular weight excluding hydrogens is 723 g/mol. The molecule has 0 spiro atoms. The van der Waals surface area contributed by atoms with Gasteiger partial charge in [0, 0.05) is 46.1 Å². The van der Waals surface area contributed by atoms with Gasteiger partial charge in [-0.15, -0.1) is 0 Å². The third-order valence-corrected chi connectivity index (χ3v) is 14.9. The molecule has 3 aromatic rings. The van der Waals surface area contributed by atoms with Gasteiger partial charge in [-0.2, -0.15) is 0 Å². The summed E-state index contributed by atoms with van der Waals surface area (Å²) in [6, 6.07) is 24.4. The van der Waals surface area contributed by atoms with Crippen molar-refractivity contribution in [2.75, 3.05) is 13.7 Å². The zero-order chi connectivity index (χ0) is 40.7. The molecule has 8 rings (SSSR count). The molecule has 2 saturated heterocycles. The normalized spacial score (nSPS) is 36.7. The Bertz CT molecular complexity index is 2010. The lowest BCUT2D eigenvalue weighted by molar-refractivity contribution is -0.381. The molecule has 5 aliphatic rings. The van der Waals surface area contributed by atoms with Crippen LogP contribution < -0.4 is 10.1 Å². The average molecular weight is 780 g/mol. The van der Waals surface area contributed by atoms with E-state index in [0.29, 0.717) is 24.2 Å². The second kappa shape index (κ2) is 14.3. The fraction of sp³-hybridized carbons (Fsp3) is 0.532. The molecule has 4 fully saturated rings. The summed E-state index contributed by atoms with van der Waals surface area (Å²) in [5.41, 5.74) is 0.973. The van der Waals surface area contributed by atoms with Crippen molar-refractivity contribution in [3.05, 3.63) is 113 Å². The number of rotatable bonds is 9. The van der Waals surface area contributed by atoms with E-state index in [1.165, 1.54) is 0 Å². The zero-order valence-corrected chi connectivity index (χ0v) is 34.2. The van der Waals surface area contributed by atoms with E-state index in [0.717, 1.165) is 28.9 Å². The molecule has 1 amide bonds. The number of esters is 1. The van der Waals surface area contributed by atoms with Crippen LogP contribution in [0.5, 0.6) is 5.75 Å². The van der Waals surface area contributed by atoms with Gasteiger partial charge >= 0.3 is 5.97 Å². The van der Waals surface area contributed by atoms with Crippen LogP contribution in [0.1, 0.15) is 95.1 Å². The van der Waals surface area contributed by atoms with Crippen molar-refractivity contribution in [2.24, 2.45) is 34.0 Å². The number of methoxy groups -OCH3 is 1. The minimum absolute atomic E-state index is 0.000746. The maximum atomic E-state index is 14.2. The van der Waals surface area contributed by atoms with Gasteiger partial charge in [-0.1, -0.05) is 93.9 Å². The van der Waals surface area contributed by atoms with Gasteiger partial charge in [0.2, 0.25) is 0 Å². The predicted molar refractivity (Wildman–Crippen MR) is 213 cm³/mol. The second-order valence-electron chi connectivity index (χ2n) is 18.2. The lowest BCUT2D eigenvalue weighted by Crippen LogP contribution is -2.72. The molecule has 0 radical (unpaired) electrons. The third kappa shape index (κ3) is 6.08. The van der Waals surface area contributed by atoms with Crippen LogP contribution in [-0.4, -0.2) is 71.9 Å². The highest BCUT2D eigenvalue weighted by Crippen LogP contribution is 2.73. The smallest absolute Gasteiger partial charge is 0.338 e. The van der Waals surface area contributed by atoms with Gasteiger partial charge < -0.3 is 39.2 Å². The molecular formula is C47H57NO9. The Morgan fingerprint density at radius 1 is 0.930 bits per heavy atom. The molecule has 57 heavy (non-hydrogen) atoms. The first-order valence-electron chi connectivity index (χ1n) is 20.4. The number of amides is 1. The van der Waals surface area contributed by atoms with Gasteiger partial charge in [-0.05, 0) is 68.0 Å². The topological polar surface area (TPSA) is 133 Å². The molecule has 0 aromatic heterocycles. The van der Waals surface area contributed by atoms with Crippen molar-refractivity contribution in [3.63, 3.8) is 0 Å². The van der Waals surface area contributed by atoms with Crippen LogP contribution >= 0.6 is 0 Å². The Hall–Kier alpha value is -4.06. The molecule has 10 heteroatoms. The molecule has 3 N–H and O–H groups in total. The van der Waals surface area contributed by atoms with Gasteiger partial charge in [0.15, 0.2) is 12.4 Å². The monoisotopic (exact) mass is 779 g/mol. The van der Waals surface area contributed by atoms with Crippen molar-refractivity contribution < 1.29 is 43.5 Å². The predicted octanol–water partition coefficient (Wildman–Crippen LogP) is 7.12. The molecule has 3 aromatic carbocycles. The molecule has 0 bridgehead atoms. The van der Waals surface area contributed by atoms with Gasteiger partial charge in [0.25, 0.3) is 5.91 Å². The standard InChI is InChI=1S/C47H57NO9/c1-26-33(55-42(51)38(49)37(29-15-11-9-12-16-29)48-41(50)30-17-13-10-14-18-30)24-47(44(4,5)52)28(3)39-45(6)25-54-34(45)23-35-46(39,7)40(27(2)36(26)47)57-43(56-35)31-19-21-32(53-8)22-20-31/h9-22,27-28,33-35,37-40,43,49,52H,23-25H2,1-8H3,(H,48,50)/t27-,28-,33?,34+,35-,37-,38+,39+,40-,43?,45+,46+,47+/m0/s1. The van der Waals surface area contributed by atoms with E-state index in [-0.39, 0.29) is 41.5 Å². The van der Waals surface area contributed by atoms with Crippen molar-refractivity contribution in [1.82, 2.24) is 5.32 Å². The number of benzene rings is 3. The van der Waals surface area contributed by atoms with Gasteiger partial charge in [0.1, 0.15) is 11.9 Å². The fourth-order valence-corrected chi connectivity index (χ4v) is 12.3. The third-order valence-electron chi connectivity index (χ3n) is 14.9. The highest BCUT2D eigenvalue weighted by Gasteiger charge is 2.75. The molecule has 3 aliphatic carbocycles. The molecule has 2 saturated carbocycles. The van der Waals surface area contributed by atoms with Crippen molar-refractivity contribution >= 4 is 11.9 Å². The number of hydrogen-bond acceptors (Lipinski definition) is 9. The first kappa shape index (κ1) is 39.8. The maximum absolute atomic E-state index is 14.2. The lowest BCUT2D eigenvalue weighted by Gasteiger charge is -2.68. The Morgan fingerprint density at radius 2 is 1.58 bits per heavy atom. The number of ether oxygens (including phenoxy) is 5. The van der Waals surface area contributed by atoms with Gasteiger partial charge in [-0.3, -0.25) is 4.79 Å². The van der Waals surface area contributed by atoms with E-state index in [9.17, 15) is 19.8 Å². The lowest BCUT2D eigenvalue weighted by atomic mass is 9.44. The van der Waals surface area contributed by atoms with E-state index in [4.69, 9.17) is 23.7 Å². The van der Waals surface area contributed by atoms with E-state index < -0.39 is 52.8 Å². The Morgan fingerprint density at radius 3 is 2.18 bits per heavy atom. The summed E-state index contributed by atoms with van der Waals surface area (Å²) in [6.45, 7) is 15.4. The van der Waals surface area contributed by atoms with Crippen LogP contribution in [0.25, 0.3) is 0 Å². The highest BCUT2D eigenvalue weighted by atomic mass is 16.7. The number of carbonyl (C=O) groups is 2. The number of aliphatic hydroxyl groups excluding tert-OH is 1. The van der Waals surface area contributed by atoms with Crippen LogP contribution in [0.15, 0.2) is 96.1 Å². The summed E-state index contributed by atoms with van der Waals surface area (Å²) in [6.07, 6.45) is -2.56. The van der Waals surface area contributed by atoms with Crippen LogP contribution in [0.4, 0.5) is 0 Å². The van der Waals surface area contributed by atoms with E-state index >= 15 is 0 Å². The van der Waals surface area contributed by atoms with E-state index in [1.807, 2.05) is 57.2 Å². The second-order valence-corrected chi connectivity index (χ2v) is 18.2. The summed E-state index contributed by atoms with van der Waals surface area (Å²) in [5, 5.41) is 27.3. The minimum Gasteiger partial charge on any atom is -0.497 e. The summed E-state index contributed by atoms with van der Waals surface area (Å²) in [7, 11) is 1.64. The Balaban J connectivity index is 1.17. The van der Waals surface area contributed by atoms with Gasteiger partial charge in [-0.25, -0.2) is 4.79 Å². The van der Waals surface area contributed by atoms with Crippen LogP contribution in [0.3, 0.4) is 0 Å². The fourth-order valence-electron chi connectivity index (χ4n) is 12.3. The molecule has 2 unspecified atom stereocenters. The van der Waals surface area contributed by atoms with Crippen LogP contribution in [0.2, 0.25) is 0 Å². The molecule has 2 aliphatic heterocycles. The van der Waals surface area contributed by atoms with E-state index in [2.05, 4.69) is 33.0 Å². The van der Waals surface area contributed by atoms with Crippen molar-refractivity contribution in [2.45, 2.75) is 110 Å². The molecule has 13 atom stereocenters. The number of fused-ring (bicyclic) bond motifs is 3. The number of aliphatic hydroxyl groups is 2. The first-order valence-corrected chi connectivity index (χ1v) is 20.4. The van der Waals surface area contributed by atoms with Crippen LogP contribution in [-0.2, 0) is 23.7 Å². The van der Waals surface area contributed by atoms with Crippen molar-refractivity contribution in [3.8, 4) is 5.75 Å². The first-order chi connectivity index (χ1) is 27.1. The Labute approximate surface area is 335 Å². The van der Waals surface area contributed by atoms with Crippen LogP contribution in [0, 0.1) is 34.0 Å². The quantitative estimate of drug-likeness (QED) is 0.154. The van der Waals surface area contributed by atoms with Gasteiger partial charge in [0.05, 0.1) is 43.7 Å². The number of carbonyl (C=O) groups excluding carboxylic acids is 2. The average Bonchev–Trinajstić information content (AvgIpc) is 3.47. The summed E-state index contributed by atoms with van der Waals surface area (Å²) in [5.74, 6) is -0.870. The SMILES string of the molecule is COc1ccc(C2O[C@H]3C[C@H]4OC[C@@]4(C)[C@H]4[C@H](C)[C@]5(C(C)(C)O)CC(OC(=O)[C@H](O)[C@@H](NC(=O)c6ccccc6)c6ccccc6)C(C)=C5[C@H](C)[C@H](O2)[C@]34C)cc1. The summed E-state index contributed by atoms with van der Waals surface area (Å²) in [4.78, 5) is 27.6. The van der Waals surface area contributed by atoms with Crippen molar-refractivity contribution in [1.29, 1.82) is 0 Å². The highest BCUT2D eigenvalue weighted by molar-refractivity contribution is 5.95. The summed E-state index contributed by atoms with van der Waals surface area (Å²) < 4.78 is 32.3. The maximum Gasteiger partial charge on any atom is 0.338 e. The minimum atomic E-state index is -1.71. The van der Waals surface area contributed by atoms with E-state index in [1.54, 1.807) is 55.6 Å². The molecule has 2 heterocycles. The number of hydrogen-bond donors (Lipinski definition) is 3. The largest absolute Gasteiger partial charge is 0.497 e. The number of nitrogens with one attached hydrogen (secondary N) is 1. The molecule has 10 nitrogen and oxygen atoms in total.